The van der Waals surface area contributed by atoms with Crippen molar-refractivity contribution in [3.63, 3.8) is 0 Å². The fourth-order valence-electron chi connectivity index (χ4n) is 1.19. The highest BCUT2D eigenvalue weighted by atomic mass is 32.2. The Kier molecular flexibility index (Phi) is 6.00. The summed E-state index contributed by atoms with van der Waals surface area (Å²) in [5, 5.41) is 10.5. The van der Waals surface area contributed by atoms with Crippen molar-refractivity contribution in [3.05, 3.63) is 16.6 Å². The summed E-state index contributed by atoms with van der Waals surface area (Å²) < 4.78 is 27.0. The van der Waals surface area contributed by atoms with E-state index in [0.29, 0.717) is 25.9 Å². The molecule has 17 heavy (non-hydrogen) atoms. The van der Waals surface area contributed by atoms with E-state index in [9.17, 15) is 8.42 Å². The maximum atomic E-state index is 11.7. The van der Waals surface area contributed by atoms with Gasteiger partial charge < -0.3 is 5.11 Å². The maximum Gasteiger partial charge on any atom is 0.279 e. The summed E-state index contributed by atoms with van der Waals surface area (Å²) in [6.45, 7) is 0.622. The number of nitrogens with one attached hydrogen (secondary N) is 1. The number of thiazole rings is 1. The van der Waals surface area contributed by atoms with E-state index in [1.807, 2.05) is 5.38 Å². The average molecular weight is 279 g/mol. The predicted molar refractivity (Wildman–Crippen MR) is 67.1 cm³/mol. The molecule has 98 valence electrons. The minimum Gasteiger partial charge on any atom is -0.396 e. The van der Waals surface area contributed by atoms with Gasteiger partial charge in [-0.25, -0.2) is 9.71 Å². The Morgan fingerprint density at radius 1 is 1.59 bits per heavy atom. The lowest BCUT2D eigenvalue weighted by atomic mass is 10.3. The predicted octanol–water partition coefficient (Wildman–Crippen LogP) is -0.166. The van der Waals surface area contributed by atoms with Gasteiger partial charge in [0, 0.05) is 38.5 Å². The molecule has 0 amide bonds. The summed E-state index contributed by atoms with van der Waals surface area (Å²) in [7, 11) is -1.95. The van der Waals surface area contributed by atoms with Crippen LogP contribution in [0.2, 0.25) is 0 Å². The van der Waals surface area contributed by atoms with Crippen LogP contribution in [-0.2, 0) is 16.6 Å². The Hall–Kier alpha value is -0.540. The standard InChI is InChI=1S/C9H17N3O3S2/c1-12(5-2-6-13)17(14,15)11-4-3-9-7-16-8-10-9/h7-8,11,13H,2-6H2,1H3. The van der Waals surface area contributed by atoms with Gasteiger partial charge in [0.05, 0.1) is 11.2 Å². The van der Waals surface area contributed by atoms with Crippen LogP contribution in [0.5, 0.6) is 0 Å². The van der Waals surface area contributed by atoms with Crippen LogP contribution in [0.1, 0.15) is 12.1 Å². The van der Waals surface area contributed by atoms with Crippen molar-refractivity contribution in [3.8, 4) is 0 Å². The fraction of sp³-hybridized carbons (Fsp3) is 0.667. The van der Waals surface area contributed by atoms with Crippen molar-refractivity contribution in [2.45, 2.75) is 12.8 Å². The molecule has 0 aliphatic carbocycles. The van der Waals surface area contributed by atoms with Gasteiger partial charge in [-0.15, -0.1) is 11.3 Å². The van der Waals surface area contributed by atoms with Gasteiger partial charge in [-0.2, -0.15) is 12.7 Å². The average Bonchev–Trinajstić information content (AvgIpc) is 2.78. The number of aliphatic hydroxyl groups excluding tert-OH is 1. The highest BCUT2D eigenvalue weighted by Gasteiger charge is 2.15. The number of aliphatic hydroxyl groups is 1. The Morgan fingerprint density at radius 3 is 2.94 bits per heavy atom. The third-order valence-electron chi connectivity index (χ3n) is 2.19. The summed E-state index contributed by atoms with van der Waals surface area (Å²) in [4.78, 5) is 4.07. The smallest absolute Gasteiger partial charge is 0.279 e. The summed E-state index contributed by atoms with van der Waals surface area (Å²) in [5.74, 6) is 0. The molecule has 0 aliphatic rings. The van der Waals surface area contributed by atoms with Gasteiger partial charge >= 0.3 is 0 Å². The zero-order valence-corrected chi connectivity index (χ0v) is 11.3. The van der Waals surface area contributed by atoms with E-state index in [1.54, 1.807) is 5.51 Å². The molecule has 0 aliphatic heterocycles. The maximum absolute atomic E-state index is 11.7. The van der Waals surface area contributed by atoms with E-state index in [4.69, 9.17) is 5.11 Å². The van der Waals surface area contributed by atoms with Crippen molar-refractivity contribution in [1.82, 2.24) is 14.0 Å². The number of rotatable bonds is 8. The number of nitrogens with zero attached hydrogens (tertiary/aromatic N) is 2. The molecule has 1 rings (SSSR count). The Bertz CT molecular complexity index is 405. The van der Waals surface area contributed by atoms with Gasteiger partial charge in [-0.1, -0.05) is 0 Å². The van der Waals surface area contributed by atoms with E-state index >= 15 is 0 Å². The van der Waals surface area contributed by atoms with Crippen LogP contribution in [0.15, 0.2) is 10.9 Å². The first-order valence-corrected chi connectivity index (χ1v) is 7.63. The summed E-state index contributed by atoms with van der Waals surface area (Å²) in [6.07, 6.45) is 1.01. The molecule has 0 unspecified atom stereocenters. The lowest BCUT2D eigenvalue weighted by Gasteiger charge is -2.16. The highest BCUT2D eigenvalue weighted by molar-refractivity contribution is 7.87. The molecule has 6 nitrogen and oxygen atoms in total. The molecule has 0 spiro atoms. The Labute approximate surface area is 105 Å². The van der Waals surface area contributed by atoms with Crippen molar-refractivity contribution in [1.29, 1.82) is 0 Å². The van der Waals surface area contributed by atoms with Crippen molar-refractivity contribution >= 4 is 21.5 Å². The van der Waals surface area contributed by atoms with E-state index in [2.05, 4.69) is 9.71 Å². The second kappa shape index (κ2) is 7.02. The molecule has 0 atom stereocenters. The minimum absolute atomic E-state index is 0.0152. The van der Waals surface area contributed by atoms with E-state index in [0.717, 1.165) is 5.69 Å². The zero-order valence-electron chi connectivity index (χ0n) is 9.66. The van der Waals surface area contributed by atoms with E-state index < -0.39 is 10.2 Å². The first kappa shape index (κ1) is 14.5. The molecular formula is C9H17N3O3S2. The fourth-order valence-corrected chi connectivity index (χ4v) is 2.74. The van der Waals surface area contributed by atoms with Gasteiger partial charge in [0.25, 0.3) is 10.2 Å². The van der Waals surface area contributed by atoms with Crippen LogP contribution in [-0.4, -0.2) is 49.6 Å². The number of aromatic nitrogens is 1. The molecule has 1 aromatic heterocycles. The van der Waals surface area contributed by atoms with Gasteiger partial charge in [0.15, 0.2) is 0 Å². The summed E-state index contributed by atoms with van der Waals surface area (Å²) in [5.41, 5.74) is 2.60. The third kappa shape index (κ3) is 5.09. The van der Waals surface area contributed by atoms with Crippen LogP contribution < -0.4 is 4.72 Å². The van der Waals surface area contributed by atoms with Crippen LogP contribution in [0.4, 0.5) is 0 Å². The molecule has 0 bridgehead atoms. The monoisotopic (exact) mass is 279 g/mol. The first-order valence-electron chi connectivity index (χ1n) is 5.25. The largest absolute Gasteiger partial charge is 0.396 e. The zero-order chi connectivity index (χ0) is 12.7. The lowest BCUT2D eigenvalue weighted by molar-refractivity contribution is 0.275. The molecule has 0 radical (unpaired) electrons. The first-order chi connectivity index (χ1) is 8.06. The van der Waals surface area contributed by atoms with E-state index in [-0.39, 0.29) is 6.61 Å². The van der Waals surface area contributed by atoms with Gasteiger partial charge in [-0.05, 0) is 6.42 Å². The highest BCUT2D eigenvalue weighted by Crippen LogP contribution is 2.01. The second-order valence-corrected chi connectivity index (χ2v) is 6.11. The Morgan fingerprint density at radius 2 is 2.35 bits per heavy atom. The SMILES string of the molecule is CN(CCCO)S(=O)(=O)NCCc1cscn1. The molecule has 0 saturated heterocycles. The quantitative estimate of drug-likeness (QED) is 0.692. The van der Waals surface area contributed by atoms with Crippen LogP contribution in [0.3, 0.4) is 0 Å². The topological polar surface area (TPSA) is 82.5 Å². The van der Waals surface area contributed by atoms with Gasteiger partial charge in [-0.3, -0.25) is 0 Å². The normalized spacial score (nSPS) is 12.2. The van der Waals surface area contributed by atoms with Crippen LogP contribution >= 0.6 is 11.3 Å². The molecule has 0 saturated carbocycles. The summed E-state index contributed by atoms with van der Waals surface area (Å²) >= 11 is 1.49. The van der Waals surface area contributed by atoms with Gasteiger partial charge in [0.2, 0.25) is 0 Å². The Balaban J connectivity index is 2.33. The number of hydrogen-bond donors (Lipinski definition) is 2. The van der Waals surface area contributed by atoms with Gasteiger partial charge in [0.1, 0.15) is 0 Å². The van der Waals surface area contributed by atoms with Crippen LogP contribution in [0, 0.1) is 0 Å². The molecule has 8 heteroatoms. The number of hydrogen-bond acceptors (Lipinski definition) is 5. The van der Waals surface area contributed by atoms with Crippen LogP contribution in [0.25, 0.3) is 0 Å². The van der Waals surface area contributed by atoms with E-state index in [1.165, 1.54) is 22.7 Å². The lowest BCUT2D eigenvalue weighted by Crippen LogP contribution is -2.39. The second-order valence-electron chi connectivity index (χ2n) is 3.53. The molecule has 1 aromatic rings. The van der Waals surface area contributed by atoms with Crippen molar-refractivity contribution < 1.29 is 13.5 Å². The summed E-state index contributed by atoms with van der Waals surface area (Å²) in [6, 6.07) is 0. The minimum atomic E-state index is -3.44. The molecule has 0 aromatic carbocycles. The molecule has 2 N–H and O–H groups in total. The molecule has 0 fully saturated rings. The van der Waals surface area contributed by atoms with Crippen molar-refractivity contribution in [2.75, 3.05) is 26.7 Å². The molecule has 1 heterocycles. The van der Waals surface area contributed by atoms with Crippen molar-refractivity contribution in [2.24, 2.45) is 0 Å². The molecular weight excluding hydrogens is 262 g/mol. The third-order valence-corrected chi connectivity index (χ3v) is 4.40.